The molecule has 2 aromatic carbocycles. The lowest BCUT2D eigenvalue weighted by molar-refractivity contribution is -0.120. The molecule has 0 fully saturated rings. The van der Waals surface area contributed by atoms with Crippen molar-refractivity contribution in [3.8, 4) is 5.75 Å². The maximum atomic E-state index is 12.4. The van der Waals surface area contributed by atoms with Crippen molar-refractivity contribution in [1.82, 2.24) is 0 Å². The van der Waals surface area contributed by atoms with Gasteiger partial charge in [0.1, 0.15) is 12.3 Å². The largest absolute Gasteiger partial charge is 0.495 e. The zero-order valence-corrected chi connectivity index (χ0v) is 15.5. The molecule has 0 aliphatic heterocycles. The summed E-state index contributed by atoms with van der Waals surface area (Å²) < 4.78 is 5.21. The van der Waals surface area contributed by atoms with Gasteiger partial charge in [-0.1, -0.05) is 17.7 Å². The highest BCUT2D eigenvalue weighted by atomic mass is 35.5. The molecular weight excluding hydrogens is 340 g/mol. The fraction of sp³-hybridized carbons (Fsp3) is 0.263. The van der Waals surface area contributed by atoms with E-state index in [1.165, 1.54) is 18.9 Å². The number of aryl methyl sites for hydroxylation is 2. The van der Waals surface area contributed by atoms with E-state index in [1.54, 1.807) is 18.2 Å². The number of nitrogens with one attached hydrogen (secondary N) is 1. The Hall–Kier alpha value is -2.53. The molecule has 0 heterocycles. The lowest BCUT2D eigenvalue weighted by Gasteiger charge is -2.22. The van der Waals surface area contributed by atoms with Crippen molar-refractivity contribution in [2.45, 2.75) is 20.8 Å². The number of anilines is 2. The highest BCUT2D eigenvalue weighted by molar-refractivity contribution is 6.31. The van der Waals surface area contributed by atoms with Crippen LogP contribution in [-0.4, -0.2) is 25.5 Å². The van der Waals surface area contributed by atoms with E-state index < -0.39 is 0 Å². The molecular formula is C19H21ClN2O3. The van der Waals surface area contributed by atoms with Crippen LogP contribution in [0.5, 0.6) is 5.75 Å². The number of hydrogen-bond donors (Lipinski definition) is 1. The number of carbonyl (C=O) groups excluding carboxylic acids is 2. The van der Waals surface area contributed by atoms with E-state index in [-0.39, 0.29) is 18.4 Å². The molecule has 0 aliphatic carbocycles. The molecule has 0 bridgehead atoms. The molecule has 0 saturated heterocycles. The standard InChI is InChI=1S/C19H21ClN2O3/c1-12-5-7-16(9-13(12)2)22(14(3)23)11-19(24)21-17-10-15(20)6-8-18(17)25-4/h5-10H,11H2,1-4H3,(H,21,24). The average Bonchev–Trinajstić information content (AvgIpc) is 2.55. The second kappa shape index (κ2) is 8.03. The van der Waals surface area contributed by atoms with Crippen molar-refractivity contribution in [2.24, 2.45) is 0 Å². The van der Waals surface area contributed by atoms with Crippen LogP contribution in [-0.2, 0) is 9.59 Å². The molecule has 0 spiro atoms. The van der Waals surface area contributed by atoms with Crippen LogP contribution >= 0.6 is 11.6 Å². The van der Waals surface area contributed by atoms with E-state index in [1.807, 2.05) is 32.0 Å². The zero-order valence-electron chi connectivity index (χ0n) is 14.7. The first-order valence-corrected chi connectivity index (χ1v) is 8.18. The van der Waals surface area contributed by atoms with Gasteiger partial charge in [0.15, 0.2) is 0 Å². The number of hydrogen-bond acceptors (Lipinski definition) is 3. The van der Waals surface area contributed by atoms with Gasteiger partial charge >= 0.3 is 0 Å². The van der Waals surface area contributed by atoms with Crippen molar-refractivity contribution < 1.29 is 14.3 Å². The molecule has 25 heavy (non-hydrogen) atoms. The third kappa shape index (κ3) is 4.73. The fourth-order valence-corrected chi connectivity index (χ4v) is 2.56. The minimum atomic E-state index is -0.339. The molecule has 0 aliphatic rings. The Morgan fingerprint density at radius 1 is 1.12 bits per heavy atom. The summed E-state index contributed by atoms with van der Waals surface area (Å²) in [6.45, 7) is 5.29. The molecule has 2 amide bonds. The summed E-state index contributed by atoms with van der Waals surface area (Å²) in [5, 5.41) is 3.22. The smallest absolute Gasteiger partial charge is 0.244 e. The highest BCUT2D eigenvalue weighted by Gasteiger charge is 2.17. The van der Waals surface area contributed by atoms with Gasteiger partial charge in [-0.15, -0.1) is 0 Å². The van der Waals surface area contributed by atoms with Gasteiger partial charge in [0, 0.05) is 17.6 Å². The second-order valence-corrected chi connectivity index (χ2v) is 6.20. The number of halogens is 1. The molecule has 0 unspecified atom stereocenters. The monoisotopic (exact) mass is 360 g/mol. The van der Waals surface area contributed by atoms with E-state index in [0.717, 1.165) is 11.1 Å². The Morgan fingerprint density at radius 3 is 2.44 bits per heavy atom. The molecule has 0 radical (unpaired) electrons. The van der Waals surface area contributed by atoms with Crippen LogP contribution in [0.25, 0.3) is 0 Å². The van der Waals surface area contributed by atoms with Gasteiger partial charge in [-0.25, -0.2) is 0 Å². The van der Waals surface area contributed by atoms with Crippen molar-refractivity contribution in [1.29, 1.82) is 0 Å². The number of carbonyl (C=O) groups is 2. The van der Waals surface area contributed by atoms with Gasteiger partial charge in [0.05, 0.1) is 12.8 Å². The van der Waals surface area contributed by atoms with Gasteiger partial charge in [-0.05, 0) is 55.3 Å². The predicted octanol–water partition coefficient (Wildman–Crippen LogP) is 3.96. The molecule has 0 aromatic heterocycles. The van der Waals surface area contributed by atoms with Crippen LogP contribution in [0.3, 0.4) is 0 Å². The zero-order chi connectivity index (χ0) is 18.6. The van der Waals surface area contributed by atoms with Crippen molar-refractivity contribution in [2.75, 3.05) is 23.9 Å². The normalized spacial score (nSPS) is 10.3. The van der Waals surface area contributed by atoms with Crippen molar-refractivity contribution in [3.63, 3.8) is 0 Å². The lowest BCUT2D eigenvalue weighted by atomic mass is 10.1. The van der Waals surface area contributed by atoms with Crippen LogP contribution < -0.4 is 15.0 Å². The molecule has 2 aromatic rings. The summed E-state index contributed by atoms with van der Waals surface area (Å²) in [6, 6.07) is 10.6. The van der Waals surface area contributed by atoms with Gasteiger partial charge in [-0.2, -0.15) is 0 Å². The molecule has 132 valence electrons. The van der Waals surface area contributed by atoms with Crippen LogP contribution in [0.1, 0.15) is 18.1 Å². The molecule has 5 nitrogen and oxygen atoms in total. The summed E-state index contributed by atoms with van der Waals surface area (Å²) in [5.74, 6) is -0.0521. The number of amides is 2. The third-order valence-electron chi connectivity index (χ3n) is 3.92. The van der Waals surface area contributed by atoms with Crippen LogP contribution in [0.4, 0.5) is 11.4 Å². The maximum absolute atomic E-state index is 12.4. The first-order chi connectivity index (χ1) is 11.8. The van der Waals surface area contributed by atoms with E-state index in [0.29, 0.717) is 22.1 Å². The fourth-order valence-electron chi connectivity index (χ4n) is 2.39. The Morgan fingerprint density at radius 2 is 1.84 bits per heavy atom. The summed E-state index contributed by atoms with van der Waals surface area (Å²) >= 11 is 5.97. The number of rotatable bonds is 5. The number of ether oxygens (including phenoxy) is 1. The van der Waals surface area contributed by atoms with E-state index in [4.69, 9.17) is 16.3 Å². The third-order valence-corrected chi connectivity index (χ3v) is 4.15. The number of methoxy groups -OCH3 is 1. The SMILES string of the molecule is COc1ccc(Cl)cc1NC(=O)CN(C(C)=O)c1ccc(C)c(C)c1. The Labute approximate surface area is 152 Å². The first kappa shape index (κ1) is 18.8. The minimum absolute atomic E-state index is 0.104. The number of benzene rings is 2. The molecule has 6 heteroatoms. The van der Waals surface area contributed by atoms with Crippen molar-refractivity contribution >= 4 is 34.8 Å². The van der Waals surface area contributed by atoms with Gasteiger partial charge < -0.3 is 15.0 Å². The predicted molar refractivity (Wildman–Crippen MR) is 101 cm³/mol. The quantitative estimate of drug-likeness (QED) is 0.878. The molecule has 2 rings (SSSR count). The average molecular weight is 361 g/mol. The molecule has 0 saturated carbocycles. The molecule has 0 atom stereocenters. The second-order valence-electron chi connectivity index (χ2n) is 5.77. The Bertz CT molecular complexity index is 805. The van der Waals surface area contributed by atoms with Crippen LogP contribution in [0.2, 0.25) is 5.02 Å². The summed E-state index contributed by atoms with van der Waals surface area (Å²) in [4.78, 5) is 25.9. The van der Waals surface area contributed by atoms with Crippen molar-refractivity contribution in [3.05, 3.63) is 52.5 Å². The maximum Gasteiger partial charge on any atom is 0.244 e. The highest BCUT2D eigenvalue weighted by Crippen LogP contribution is 2.28. The summed E-state index contributed by atoms with van der Waals surface area (Å²) in [6.07, 6.45) is 0. The van der Waals surface area contributed by atoms with Crippen LogP contribution in [0.15, 0.2) is 36.4 Å². The Balaban J connectivity index is 2.20. The minimum Gasteiger partial charge on any atom is -0.495 e. The topological polar surface area (TPSA) is 58.6 Å². The lowest BCUT2D eigenvalue weighted by Crippen LogP contribution is -2.36. The first-order valence-electron chi connectivity index (χ1n) is 7.80. The van der Waals surface area contributed by atoms with E-state index in [9.17, 15) is 9.59 Å². The van der Waals surface area contributed by atoms with Crippen LogP contribution in [0, 0.1) is 13.8 Å². The van der Waals surface area contributed by atoms with Gasteiger partial charge in [0.2, 0.25) is 11.8 Å². The summed E-state index contributed by atoms with van der Waals surface area (Å²) in [5.41, 5.74) is 3.33. The van der Waals surface area contributed by atoms with E-state index in [2.05, 4.69) is 5.32 Å². The van der Waals surface area contributed by atoms with E-state index >= 15 is 0 Å². The Kier molecular flexibility index (Phi) is 6.04. The summed E-state index contributed by atoms with van der Waals surface area (Å²) in [7, 11) is 1.51. The molecule has 1 N–H and O–H groups in total. The van der Waals surface area contributed by atoms with Gasteiger partial charge in [-0.3, -0.25) is 9.59 Å². The van der Waals surface area contributed by atoms with Gasteiger partial charge in [0.25, 0.3) is 0 Å². The number of nitrogens with zero attached hydrogens (tertiary/aromatic N) is 1.